The molecule has 2 saturated heterocycles. The van der Waals surface area contributed by atoms with Crippen LogP contribution in [0.2, 0.25) is 5.02 Å². The maximum Gasteiger partial charge on any atom is 0.251 e. The van der Waals surface area contributed by atoms with Crippen molar-refractivity contribution in [3.05, 3.63) is 44.0 Å². The number of benzene rings is 1. The Morgan fingerprint density at radius 2 is 1.93 bits per heavy atom. The standard InChI is InChI=1S/C20H21BrClN3O3S/c1-28-17-4-2-13(10-15(17)22)25-19(26)11-16(20(25)27)24-8-6-23(7-9-24)12-14-3-5-18(21)29-14/h2-5,10,16H,6-9,11-12H2,1H3/t16-/m1/s1. The molecule has 2 aromatic rings. The van der Waals surface area contributed by atoms with E-state index in [2.05, 4.69) is 37.9 Å². The number of piperazine rings is 1. The molecule has 1 aromatic carbocycles. The summed E-state index contributed by atoms with van der Waals surface area (Å²) in [6, 6.07) is 8.78. The summed E-state index contributed by atoms with van der Waals surface area (Å²) < 4.78 is 6.29. The Bertz CT molecular complexity index is 929. The molecule has 2 fully saturated rings. The maximum atomic E-state index is 13.0. The molecule has 0 N–H and O–H groups in total. The number of imide groups is 1. The molecule has 0 bridgehead atoms. The number of rotatable bonds is 5. The van der Waals surface area contributed by atoms with Crippen LogP contribution in [0.15, 0.2) is 34.1 Å². The number of anilines is 1. The first-order valence-corrected chi connectivity index (χ1v) is 11.4. The molecule has 6 nitrogen and oxygen atoms in total. The van der Waals surface area contributed by atoms with Crippen LogP contribution in [-0.4, -0.2) is 60.9 Å². The van der Waals surface area contributed by atoms with Gasteiger partial charge >= 0.3 is 0 Å². The molecule has 0 spiro atoms. The van der Waals surface area contributed by atoms with Crippen molar-refractivity contribution in [3.8, 4) is 5.75 Å². The third-order valence-electron chi connectivity index (χ3n) is 5.37. The van der Waals surface area contributed by atoms with Gasteiger partial charge in [-0.25, -0.2) is 4.90 Å². The number of thiophene rings is 1. The van der Waals surface area contributed by atoms with Gasteiger partial charge < -0.3 is 4.74 Å². The smallest absolute Gasteiger partial charge is 0.251 e. The molecule has 2 aliphatic rings. The second-order valence-electron chi connectivity index (χ2n) is 7.12. The van der Waals surface area contributed by atoms with Crippen LogP contribution < -0.4 is 9.64 Å². The molecular weight excluding hydrogens is 478 g/mol. The van der Waals surface area contributed by atoms with E-state index in [9.17, 15) is 9.59 Å². The highest BCUT2D eigenvalue weighted by molar-refractivity contribution is 9.11. The second-order valence-corrected chi connectivity index (χ2v) is 10.1. The molecule has 0 aliphatic carbocycles. The fraction of sp³-hybridized carbons (Fsp3) is 0.400. The van der Waals surface area contributed by atoms with Crippen molar-refractivity contribution >= 4 is 56.4 Å². The van der Waals surface area contributed by atoms with E-state index in [1.165, 1.54) is 16.9 Å². The first-order chi connectivity index (χ1) is 14.0. The van der Waals surface area contributed by atoms with Gasteiger partial charge in [0.05, 0.1) is 34.1 Å². The number of carbonyl (C=O) groups excluding carboxylic acids is 2. The van der Waals surface area contributed by atoms with Crippen LogP contribution in [0.5, 0.6) is 5.75 Å². The Kier molecular flexibility index (Phi) is 6.27. The number of amides is 2. The fourth-order valence-corrected chi connectivity index (χ4v) is 5.63. The van der Waals surface area contributed by atoms with Crippen molar-refractivity contribution in [2.45, 2.75) is 19.0 Å². The highest BCUT2D eigenvalue weighted by Gasteiger charge is 2.43. The van der Waals surface area contributed by atoms with Gasteiger partial charge in [-0.2, -0.15) is 0 Å². The van der Waals surface area contributed by atoms with E-state index >= 15 is 0 Å². The van der Waals surface area contributed by atoms with Crippen molar-refractivity contribution in [1.29, 1.82) is 0 Å². The normalized spacial score (nSPS) is 21.2. The van der Waals surface area contributed by atoms with Crippen molar-refractivity contribution in [3.63, 3.8) is 0 Å². The largest absolute Gasteiger partial charge is 0.495 e. The zero-order chi connectivity index (χ0) is 20.5. The molecule has 0 radical (unpaired) electrons. The van der Waals surface area contributed by atoms with Gasteiger partial charge in [-0.3, -0.25) is 19.4 Å². The molecule has 4 rings (SSSR count). The van der Waals surface area contributed by atoms with Crippen LogP contribution in [0.4, 0.5) is 5.69 Å². The number of methoxy groups -OCH3 is 1. The zero-order valence-corrected chi connectivity index (χ0v) is 19.1. The van der Waals surface area contributed by atoms with Gasteiger partial charge in [-0.1, -0.05) is 11.6 Å². The Morgan fingerprint density at radius 1 is 1.17 bits per heavy atom. The van der Waals surface area contributed by atoms with E-state index in [1.54, 1.807) is 29.5 Å². The molecule has 154 valence electrons. The summed E-state index contributed by atoms with van der Waals surface area (Å²) in [6.07, 6.45) is 0.209. The molecule has 1 aromatic heterocycles. The van der Waals surface area contributed by atoms with E-state index in [-0.39, 0.29) is 18.2 Å². The quantitative estimate of drug-likeness (QED) is 0.590. The number of hydrogen-bond acceptors (Lipinski definition) is 6. The van der Waals surface area contributed by atoms with Crippen LogP contribution in [0, 0.1) is 0 Å². The van der Waals surface area contributed by atoms with E-state index in [1.807, 2.05) is 0 Å². The monoisotopic (exact) mass is 497 g/mol. The summed E-state index contributed by atoms with van der Waals surface area (Å²) in [5.74, 6) is 0.152. The Hall–Kier alpha value is -1.45. The molecule has 2 amide bonds. The van der Waals surface area contributed by atoms with Gasteiger partial charge in [0.2, 0.25) is 5.91 Å². The van der Waals surface area contributed by atoms with Gasteiger partial charge in [-0.05, 0) is 46.3 Å². The number of hydrogen-bond donors (Lipinski definition) is 0. The third-order valence-corrected chi connectivity index (χ3v) is 7.28. The Balaban J connectivity index is 1.39. The molecule has 0 unspecified atom stereocenters. The van der Waals surface area contributed by atoms with Gasteiger partial charge in [-0.15, -0.1) is 11.3 Å². The lowest BCUT2D eigenvalue weighted by Gasteiger charge is -2.36. The number of nitrogens with zero attached hydrogens (tertiary/aromatic N) is 3. The number of carbonyl (C=O) groups is 2. The lowest BCUT2D eigenvalue weighted by atomic mass is 10.1. The van der Waals surface area contributed by atoms with Gasteiger partial charge in [0.1, 0.15) is 5.75 Å². The molecular formula is C20H21BrClN3O3S. The van der Waals surface area contributed by atoms with E-state index < -0.39 is 6.04 Å². The molecule has 29 heavy (non-hydrogen) atoms. The SMILES string of the molecule is COc1ccc(N2C(=O)C[C@@H](N3CCN(Cc4ccc(Br)s4)CC3)C2=O)cc1Cl. The first kappa shape index (κ1) is 20.8. The fourth-order valence-electron chi connectivity index (χ4n) is 3.86. The van der Waals surface area contributed by atoms with Crippen molar-refractivity contribution in [1.82, 2.24) is 9.80 Å². The van der Waals surface area contributed by atoms with Crippen LogP contribution in [-0.2, 0) is 16.1 Å². The summed E-state index contributed by atoms with van der Waals surface area (Å²) in [5, 5.41) is 0.378. The van der Waals surface area contributed by atoms with Crippen LogP contribution in [0.3, 0.4) is 0 Å². The van der Waals surface area contributed by atoms with Gasteiger partial charge in [0, 0.05) is 37.6 Å². The van der Waals surface area contributed by atoms with Crippen LogP contribution in [0.25, 0.3) is 0 Å². The lowest BCUT2D eigenvalue weighted by molar-refractivity contribution is -0.123. The lowest BCUT2D eigenvalue weighted by Crippen LogP contribution is -2.52. The van der Waals surface area contributed by atoms with E-state index in [0.717, 1.165) is 36.5 Å². The first-order valence-electron chi connectivity index (χ1n) is 9.37. The second kappa shape index (κ2) is 8.73. The van der Waals surface area contributed by atoms with E-state index in [4.69, 9.17) is 16.3 Å². The van der Waals surface area contributed by atoms with Gasteiger partial charge in [0.15, 0.2) is 0 Å². The summed E-state index contributed by atoms with van der Waals surface area (Å²) >= 11 is 11.4. The highest BCUT2D eigenvalue weighted by atomic mass is 79.9. The Morgan fingerprint density at radius 3 is 2.55 bits per heavy atom. The zero-order valence-electron chi connectivity index (χ0n) is 15.9. The predicted octanol–water partition coefficient (Wildman–Crippen LogP) is 3.62. The molecule has 9 heteroatoms. The molecule has 2 aliphatic heterocycles. The van der Waals surface area contributed by atoms with E-state index in [0.29, 0.717) is 16.5 Å². The molecule has 0 saturated carbocycles. The summed E-state index contributed by atoms with van der Waals surface area (Å²) in [4.78, 5) is 32.7. The minimum atomic E-state index is -0.401. The molecule has 3 heterocycles. The Labute approximate surface area is 187 Å². The minimum Gasteiger partial charge on any atom is -0.495 e. The maximum absolute atomic E-state index is 13.0. The van der Waals surface area contributed by atoms with Crippen molar-refractivity contribution in [2.24, 2.45) is 0 Å². The van der Waals surface area contributed by atoms with Gasteiger partial charge in [0.25, 0.3) is 5.91 Å². The van der Waals surface area contributed by atoms with Crippen molar-refractivity contribution < 1.29 is 14.3 Å². The molecule has 1 atom stereocenters. The highest BCUT2D eigenvalue weighted by Crippen LogP contribution is 2.33. The average Bonchev–Trinajstić information content (AvgIpc) is 3.24. The number of ether oxygens (including phenoxy) is 1. The summed E-state index contributed by atoms with van der Waals surface area (Å²) in [6.45, 7) is 4.21. The summed E-state index contributed by atoms with van der Waals surface area (Å²) in [7, 11) is 1.53. The van der Waals surface area contributed by atoms with Crippen molar-refractivity contribution in [2.75, 3.05) is 38.2 Å². The summed E-state index contributed by atoms with van der Waals surface area (Å²) in [5.41, 5.74) is 0.496. The van der Waals surface area contributed by atoms with Crippen LogP contribution >= 0.6 is 38.9 Å². The minimum absolute atomic E-state index is 0.174. The third kappa shape index (κ3) is 4.36. The average molecular weight is 499 g/mol. The van der Waals surface area contributed by atoms with Crippen LogP contribution in [0.1, 0.15) is 11.3 Å². The predicted molar refractivity (Wildman–Crippen MR) is 118 cm³/mol. The topological polar surface area (TPSA) is 53.1 Å². The number of halogens is 2.